The zero-order chi connectivity index (χ0) is 9.84. The Balaban J connectivity index is 3.13. The van der Waals surface area contributed by atoms with Crippen LogP contribution in [0.5, 0.6) is 5.75 Å². The molecule has 0 aliphatic carbocycles. The number of hydrogen-bond donors (Lipinski definition) is 1. The van der Waals surface area contributed by atoms with Crippen LogP contribution in [0.15, 0.2) is 12.1 Å². The van der Waals surface area contributed by atoms with E-state index < -0.39 is 0 Å². The molecule has 72 valence electrons. The van der Waals surface area contributed by atoms with Gasteiger partial charge in [-0.1, -0.05) is 11.6 Å². The van der Waals surface area contributed by atoms with E-state index in [-0.39, 0.29) is 0 Å². The first kappa shape index (κ1) is 10.4. The molecule has 0 fully saturated rings. The minimum atomic E-state index is 0.607. The molecule has 1 aromatic carbocycles. The number of rotatable bonds is 3. The molecule has 0 amide bonds. The number of hydrogen-bond acceptors (Lipinski definition) is 2. The predicted molar refractivity (Wildman–Crippen MR) is 55.5 cm³/mol. The summed E-state index contributed by atoms with van der Waals surface area (Å²) in [6.07, 6.45) is 0.796. The molecule has 0 spiro atoms. The van der Waals surface area contributed by atoms with Crippen LogP contribution in [0.25, 0.3) is 0 Å². The Hall–Kier alpha value is -0.730. The standard InChI is InChI=1S/C10H14ClNO/c1-7-5-9(11)6-8(3-4-12)10(7)13-2/h5-6H,3-4,12H2,1-2H3. The van der Waals surface area contributed by atoms with Crippen molar-refractivity contribution in [2.75, 3.05) is 13.7 Å². The van der Waals surface area contributed by atoms with Crippen LogP contribution in [0, 0.1) is 6.92 Å². The molecule has 0 saturated carbocycles. The molecular weight excluding hydrogens is 186 g/mol. The molecule has 0 atom stereocenters. The second kappa shape index (κ2) is 4.49. The van der Waals surface area contributed by atoms with E-state index in [1.165, 1.54) is 0 Å². The van der Waals surface area contributed by atoms with Crippen LogP contribution in [0.2, 0.25) is 5.02 Å². The maximum atomic E-state index is 5.92. The van der Waals surface area contributed by atoms with Crippen LogP contribution >= 0.6 is 11.6 Å². The van der Waals surface area contributed by atoms with Gasteiger partial charge in [-0.3, -0.25) is 0 Å². The Labute approximate surface area is 83.6 Å². The molecule has 13 heavy (non-hydrogen) atoms. The number of halogens is 1. The lowest BCUT2D eigenvalue weighted by molar-refractivity contribution is 0.406. The largest absolute Gasteiger partial charge is 0.496 e. The first-order valence-electron chi connectivity index (χ1n) is 4.22. The SMILES string of the molecule is COc1c(C)cc(Cl)cc1CCN. The second-order valence-electron chi connectivity index (χ2n) is 2.95. The molecule has 3 heteroatoms. The number of benzene rings is 1. The van der Waals surface area contributed by atoms with Crippen LogP contribution < -0.4 is 10.5 Å². The van der Waals surface area contributed by atoms with Gasteiger partial charge >= 0.3 is 0 Å². The van der Waals surface area contributed by atoms with E-state index in [1.807, 2.05) is 19.1 Å². The van der Waals surface area contributed by atoms with Crippen molar-refractivity contribution in [3.8, 4) is 5.75 Å². The molecular formula is C10H14ClNO. The third-order valence-corrected chi connectivity index (χ3v) is 2.15. The molecule has 0 saturated heterocycles. The summed E-state index contributed by atoms with van der Waals surface area (Å²) >= 11 is 5.92. The van der Waals surface area contributed by atoms with Gasteiger partial charge in [-0.25, -0.2) is 0 Å². The van der Waals surface area contributed by atoms with Crippen LogP contribution in [0.4, 0.5) is 0 Å². The van der Waals surface area contributed by atoms with E-state index in [0.29, 0.717) is 6.54 Å². The van der Waals surface area contributed by atoms with Crippen molar-refractivity contribution >= 4 is 11.6 Å². The van der Waals surface area contributed by atoms with Crippen LogP contribution in [-0.2, 0) is 6.42 Å². The van der Waals surface area contributed by atoms with Crippen molar-refractivity contribution in [3.63, 3.8) is 0 Å². The number of methoxy groups -OCH3 is 1. The minimum Gasteiger partial charge on any atom is -0.496 e. The lowest BCUT2D eigenvalue weighted by Crippen LogP contribution is -2.05. The van der Waals surface area contributed by atoms with E-state index in [9.17, 15) is 0 Å². The molecule has 0 aliphatic heterocycles. The average molecular weight is 200 g/mol. The van der Waals surface area contributed by atoms with Crippen molar-refractivity contribution in [1.82, 2.24) is 0 Å². The summed E-state index contributed by atoms with van der Waals surface area (Å²) in [5.74, 6) is 0.898. The summed E-state index contributed by atoms with van der Waals surface area (Å²) in [5.41, 5.74) is 7.62. The fraction of sp³-hybridized carbons (Fsp3) is 0.400. The highest BCUT2D eigenvalue weighted by atomic mass is 35.5. The molecule has 0 aromatic heterocycles. The molecule has 2 nitrogen and oxygen atoms in total. The van der Waals surface area contributed by atoms with Gasteiger partial charge in [-0.2, -0.15) is 0 Å². The molecule has 1 aromatic rings. The van der Waals surface area contributed by atoms with Gasteiger partial charge in [0.05, 0.1) is 7.11 Å². The third-order valence-electron chi connectivity index (χ3n) is 1.93. The van der Waals surface area contributed by atoms with E-state index in [2.05, 4.69) is 0 Å². The molecule has 0 radical (unpaired) electrons. The van der Waals surface area contributed by atoms with E-state index in [4.69, 9.17) is 22.1 Å². The van der Waals surface area contributed by atoms with Gasteiger partial charge in [0, 0.05) is 5.02 Å². The van der Waals surface area contributed by atoms with E-state index >= 15 is 0 Å². The molecule has 0 aliphatic rings. The third kappa shape index (κ3) is 2.36. The van der Waals surface area contributed by atoms with Gasteiger partial charge in [0.25, 0.3) is 0 Å². The second-order valence-corrected chi connectivity index (χ2v) is 3.39. The summed E-state index contributed by atoms with van der Waals surface area (Å²) in [6.45, 7) is 2.58. The number of nitrogens with two attached hydrogens (primary N) is 1. The Morgan fingerprint density at radius 3 is 2.69 bits per heavy atom. The average Bonchev–Trinajstić information content (AvgIpc) is 2.04. The zero-order valence-electron chi connectivity index (χ0n) is 7.93. The van der Waals surface area contributed by atoms with Crippen LogP contribution in [0.3, 0.4) is 0 Å². The van der Waals surface area contributed by atoms with Crippen molar-refractivity contribution in [2.24, 2.45) is 5.73 Å². The Morgan fingerprint density at radius 2 is 2.15 bits per heavy atom. The van der Waals surface area contributed by atoms with Gasteiger partial charge in [0.2, 0.25) is 0 Å². The number of aryl methyl sites for hydroxylation is 1. The first-order chi connectivity index (χ1) is 6.19. The van der Waals surface area contributed by atoms with Gasteiger partial charge in [0.1, 0.15) is 5.75 Å². The molecule has 0 unspecified atom stereocenters. The Morgan fingerprint density at radius 1 is 1.46 bits per heavy atom. The monoisotopic (exact) mass is 199 g/mol. The molecule has 0 heterocycles. The molecule has 1 rings (SSSR count). The van der Waals surface area contributed by atoms with E-state index in [0.717, 1.165) is 28.3 Å². The highest BCUT2D eigenvalue weighted by molar-refractivity contribution is 6.30. The van der Waals surface area contributed by atoms with Crippen molar-refractivity contribution in [3.05, 3.63) is 28.3 Å². The predicted octanol–water partition coefficient (Wildman–Crippen LogP) is 2.16. The highest BCUT2D eigenvalue weighted by Gasteiger charge is 2.06. The van der Waals surface area contributed by atoms with Crippen molar-refractivity contribution in [2.45, 2.75) is 13.3 Å². The minimum absolute atomic E-state index is 0.607. The zero-order valence-corrected chi connectivity index (χ0v) is 8.69. The van der Waals surface area contributed by atoms with Crippen LogP contribution in [-0.4, -0.2) is 13.7 Å². The highest BCUT2D eigenvalue weighted by Crippen LogP contribution is 2.27. The van der Waals surface area contributed by atoms with Crippen molar-refractivity contribution < 1.29 is 4.74 Å². The maximum absolute atomic E-state index is 5.92. The normalized spacial score (nSPS) is 10.2. The lowest BCUT2D eigenvalue weighted by Gasteiger charge is -2.11. The van der Waals surface area contributed by atoms with Crippen LogP contribution in [0.1, 0.15) is 11.1 Å². The lowest BCUT2D eigenvalue weighted by atomic mass is 10.1. The first-order valence-corrected chi connectivity index (χ1v) is 4.60. The summed E-state index contributed by atoms with van der Waals surface area (Å²) in [6, 6.07) is 3.79. The van der Waals surface area contributed by atoms with E-state index in [1.54, 1.807) is 7.11 Å². The van der Waals surface area contributed by atoms with Gasteiger partial charge < -0.3 is 10.5 Å². The number of ether oxygens (including phenoxy) is 1. The topological polar surface area (TPSA) is 35.2 Å². The summed E-state index contributed by atoms with van der Waals surface area (Å²) in [4.78, 5) is 0. The summed E-state index contributed by atoms with van der Waals surface area (Å²) in [5, 5.41) is 0.738. The Bertz CT molecular complexity index is 299. The maximum Gasteiger partial charge on any atom is 0.125 e. The Kier molecular flexibility index (Phi) is 3.58. The smallest absolute Gasteiger partial charge is 0.125 e. The summed E-state index contributed by atoms with van der Waals surface area (Å²) in [7, 11) is 1.66. The summed E-state index contributed by atoms with van der Waals surface area (Å²) < 4.78 is 5.27. The van der Waals surface area contributed by atoms with Gasteiger partial charge in [-0.05, 0) is 43.1 Å². The van der Waals surface area contributed by atoms with Gasteiger partial charge in [0.15, 0.2) is 0 Å². The van der Waals surface area contributed by atoms with Crippen molar-refractivity contribution in [1.29, 1.82) is 0 Å². The quantitative estimate of drug-likeness (QED) is 0.810. The van der Waals surface area contributed by atoms with Gasteiger partial charge in [-0.15, -0.1) is 0 Å². The molecule has 2 N–H and O–H groups in total. The fourth-order valence-electron chi connectivity index (χ4n) is 1.43. The molecule has 0 bridgehead atoms. The fourth-order valence-corrected chi connectivity index (χ4v) is 1.73.